The van der Waals surface area contributed by atoms with Crippen LogP contribution in [0.3, 0.4) is 0 Å². The zero-order valence-electron chi connectivity index (χ0n) is 2.07. The molecule has 0 radical (unpaired) electrons. The molecule has 4 heavy (non-hydrogen) atoms. The summed E-state index contributed by atoms with van der Waals surface area (Å²) in [6.07, 6.45) is 1.12. The SMILES string of the molecule is C=BSF. The fraction of sp³-hybridized carbons (Fsp3) is 0. The Labute approximate surface area is 29.5 Å². The van der Waals surface area contributed by atoms with Crippen molar-refractivity contribution in [2.45, 2.75) is 0 Å². The number of hydrogen-bond donors (Lipinski definition) is 0. The molecule has 0 nitrogen and oxygen atoms in total. The van der Waals surface area contributed by atoms with E-state index in [1.54, 1.807) is 0 Å². The van der Waals surface area contributed by atoms with Crippen LogP contribution >= 0.6 is 12.0 Å². The second-order valence-corrected chi connectivity index (χ2v) is 0.767. The van der Waals surface area contributed by atoms with E-state index >= 15 is 0 Å². The van der Waals surface area contributed by atoms with Gasteiger partial charge in [0.05, 0.1) is 0 Å². The maximum atomic E-state index is 10.5. The van der Waals surface area contributed by atoms with Gasteiger partial charge in [0.15, 0.2) is 0 Å². The first-order valence-corrected chi connectivity index (χ1v) is 1.58. The Hall–Kier alpha value is 0.215. The van der Waals surface area contributed by atoms with E-state index < -0.39 is 0 Å². The molecule has 0 heterocycles. The Morgan fingerprint density at radius 1 is 2.00 bits per heavy atom. The van der Waals surface area contributed by atoms with Gasteiger partial charge in [-0.25, -0.2) is 0 Å². The van der Waals surface area contributed by atoms with Crippen molar-refractivity contribution in [3.8, 4) is 0 Å². The van der Waals surface area contributed by atoms with Crippen molar-refractivity contribution in [3.05, 3.63) is 0 Å². The van der Waals surface area contributed by atoms with Crippen molar-refractivity contribution in [2.24, 2.45) is 0 Å². The summed E-state index contributed by atoms with van der Waals surface area (Å²) in [6, 6.07) is 0. The van der Waals surface area contributed by atoms with E-state index in [0.29, 0.717) is 0 Å². The van der Waals surface area contributed by atoms with Gasteiger partial charge in [-0.05, 0) is 0 Å². The predicted molar refractivity (Wildman–Crippen MR) is 21.6 cm³/mol. The van der Waals surface area contributed by atoms with E-state index in [2.05, 4.69) is 6.47 Å². The van der Waals surface area contributed by atoms with Crippen LogP contribution in [0.4, 0.5) is 3.89 Å². The molecule has 0 aliphatic heterocycles. The zero-order chi connectivity index (χ0) is 3.41. The zero-order valence-corrected chi connectivity index (χ0v) is 2.89. The first-order chi connectivity index (χ1) is 1.91. The summed E-state index contributed by atoms with van der Waals surface area (Å²) >= 11 is 0.120. The molecule has 0 aromatic heterocycles. The Balaban J connectivity index is 2.30. The van der Waals surface area contributed by atoms with Gasteiger partial charge in [0.1, 0.15) is 0 Å². The third-order valence-corrected chi connectivity index (χ3v) is 0.189. The van der Waals surface area contributed by atoms with Gasteiger partial charge in [-0.15, -0.1) is 0 Å². The van der Waals surface area contributed by atoms with E-state index in [4.69, 9.17) is 0 Å². The van der Waals surface area contributed by atoms with Crippen molar-refractivity contribution < 1.29 is 3.89 Å². The quantitative estimate of drug-likeness (QED) is 0.413. The molecular formula is CH2BFS. The van der Waals surface area contributed by atoms with Crippen molar-refractivity contribution in [1.29, 1.82) is 0 Å². The molecule has 0 aliphatic rings. The van der Waals surface area contributed by atoms with Gasteiger partial charge in [0.2, 0.25) is 0 Å². The van der Waals surface area contributed by atoms with Crippen LogP contribution in [0.1, 0.15) is 0 Å². The van der Waals surface area contributed by atoms with Crippen LogP contribution in [0.25, 0.3) is 0 Å². The number of halogens is 1. The molecule has 0 unspecified atom stereocenters. The molecule has 0 saturated carbocycles. The predicted octanol–water partition coefficient (Wildman–Crippen LogP) is 0.655. The van der Waals surface area contributed by atoms with E-state index in [0.717, 1.165) is 6.20 Å². The van der Waals surface area contributed by atoms with Crippen molar-refractivity contribution in [1.82, 2.24) is 0 Å². The van der Waals surface area contributed by atoms with Gasteiger partial charge < -0.3 is 0 Å². The van der Waals surface area contributed by atoms with E-state index in [9.17, 15) is 3.89 Å². The molecule has 3 heteroatoms. The van der Waals surface area contributed by atoms with Crippen LogP contribution in [0.2, 0.25) is 0 Å². The fourth-order valence-corrected chi connectivity index (χ4v) is 0. The molecule has 0 aromatic carbocycles. The fourth-order valence-electron chi connectivity index (χ4n) is 0. The second kappa shape index (κ2) is 3.21. The standard InChI is InChI=1S/CH2BFS/c1-2-4-3/h1H2. The molecule has 22 valence electrons. The average molecular weight is 75.9 g/mol. The summed E-state index contributed by atoms with van der Waals surface area (Å²) in [6.45, 7) is 3.07. The summed E-state index contributed by atoms with van der Waals surface area (Å²) in [5.74, 6) is 0. The summed E-state index contributed by atoms with van der Waals surface area (Å²) in [5, 5.41) is 0. The molecule has 0 fully saturated rings. The molecular weight excluding hydrogens is 73.9 g/mol. The molecule has 0 rings (SSSR count). The Kier molecular flexibility index (Phi) is 3.39. The van der Waals surface area contributed by atoms with E-state index in [1.165, 1.54) is 0 Å². The van der Waals surface area contributed by atoms with Crippen LogP contribution in [0.15, 0.2) is 0 Å². The molecule has 0 saturated heterocycles. The van der Waals surface area contributed by atoms with Gasteiger partial charge in [-0.2, -0.15) is 0 Å². The summed E-state index contributed by atoms with van der Waals surface area (Å²) < 4.78 is 10.5. The molecule has 0 N–H and O–H groups in total. The second-order valence-electron chi connectivity index (χ2n) is 0.256. The van der Waals surface area contributed by atoms with Crippen LogP contribution in [0.5, 0.6) is 0 Å². The van der Waals surface area contributed by atoms with Gasteiger partial charge in [-0.3, -0.25) is 0 Å². The summed E-state index contributed by atoms with van der Waals surface area (Å²) in [7, 11) is 0. The number of rotatable bonds is 1. The Morgan fingerprint density at radius 2 is 2.25 bits per heavy atom. The van der Waals surface area contributed by atoms with Crippen molar-refractivity contribution in [2.75, 3.05) is 0 Å². The van der Waals surface area contributed by atoms with E-state index in [-0.39, 0.29) is 12.0 Å². The van der Waals surface area contributed by atoms with E-state index in [1.807, 2.05) is 0 Å². The molecule has 0 aromatic rings. The molecule has 0 amide bonds. The third-order valence-electron chi connectivity index (χ3n) is 0.0630. The maximum absolute atomic E-state index is 10.5. The molecule has 0 spiro atoms. The average Bonchev–Trinajstić information content (AvgIpc) is 1.37. The van der Waals surface area contributed by atoms with Crippen LogP contribution < -0.4 is 0 Å². The summed E-state index contributed by atoms with van der Waals surface area (Å²) in [5.41, 5.74) is 0. The Morgan fingerprint density at radius 3 is 2.25 bits per heavy atom. The first-order valence-electron chi connectivity index (χ1n) is 0.798. The minimum absolute atomic E-state index is 0.120. The normalized spacial score (nSPS) is 5.25. The van der Waals surface area contributed by atoms with Crippen LogP contribution in [0, 0.1) is 0 Å². The Bertz CT molecular complexity index is 22.0. The molecule has 0 atom stereocenters. The van der Waals surface area contributed by atoms with Crippen LogP contribution in [-0.4, -0.2) is 12.7 Å². The summed E-state index contributed by atoms with van der Waals surface area (Å²) in [4.78, 5) is 0. The van der Waals surface area contributed by atoms with Crippen LogP contribution in [-0.2, 0) is 0 Å². The number of hydrogen-bond acceptors (Lipinski definition) is 1. The minimum atomic E-state index is 0.120. The van der Waals surface area contributed by atoms with Gasteiger partial charge in [0.25, 0.3) is 0 Å². The van der Waals surface area contributed by atoms with Gasteiger partial charge in [-0.1, -0.05) is 0 Å². The monoisotopic (exact) mass is 76.0 g/mol. The molecule has 0 aliphatic carbocycles. The molecule has 0 bridgehead atoms. The topological polar surface area (TPSA) is 0 Å². The van der Waals surface area contributed by atoms with Gasteiger partial charge >= 0.3 is 28.6 Å². The van der Waals surface area contributed by atoms with Gasteiger partial charge in [0, 0.05) is 0 Å². The van der Waals surface area contributed by atoms with Crippen molar-refractivity contribution >= 4 is 24.7 Å². The first kappa shape index (κ1) is 4.21. The van der Waals surface area contributed by atoms with Crippen molar-refractivity contribution in [3.63, 3.8) is 0 Å². The third kappa shape index (κ3) is 2.21.